The van der Waals surface area contributed by atoms with Gasteiger partial charge in [-0.05, 0) is 73.9 Å². The Hall–Kier alpha value is -2.21. The van der Waals surface area contributed by atoms with Gasteiger partial charge in [-0.1, -0.05) is 24.3 Å². The van der Waals surface area contributed by atoms with Gasteiger partial charge >= 0.3 is 0 Å². The summed E-state index contributed by atoms with van der Waals surface area (Å²) in [5, 5.41) is 4.78. The summed E-state index contributed by atoms with van der Waals surface area (Å²) in [4.78, 5) is 7.88. The number of pyridine rings is 1. The number of hydrogen-bond acceptors (Lipinski definition) is 4. The molecular weight excluding hydrogens is 360 g/mol. The molecule has 0 amide bonds. The Labute approximate surface area is 173 Å². The molecular formula is C24H32N4O. The molecule has 0 bridgehead atoms. The summed E-state index contributed by atoms with van der Waals surface area (Å²) in [5.74, 6) is 0. The zero-order chi connectivity index (χ0) is 19.9. The second kappa shape index (κ2) is 10.0. The molecule has 4 rings (SSSR count). The third-order valence-corrected chi connectivity index (χ3v) is 5.81. The van der Waals surface area contributed by atoms with Crippen LogP contribution in [0.3, 0.4) is 0 Å². The maximum atomic E-state index is 5.89. The Morgan fingerprint density at radius 3 is 2.90 bits per heavy atom. The summed E-state index contributed by atoms with van der Waals surface area (Å²) >= 11 is 0. The van der Waals surface area contributed by atoms with Crippen LogP contribution in [0.5, 0.6) is 0 Å². The van der Waals surface area contributed by atoms with E-state index in [2.05, 4.69) is 45.7 Å². The lowest BCUT2D eigenvalue weighted by atomic mass is 10.0. The minimum Gasteiger partial charge on any atom is -0.375 e. The van der Waals surface area contributed by atoms with E-state index in [0.29, 0.717) is 19.2 Å². The molecule has 2 aromatic heterocycles. The second-order valence-electron chi connectivity index (χ2n) is 8.06. The number of rotatable bonds is 10. The Morgan fingerprint density at radius 1 is 1.10 bits per heavy atom. The summed E-state index contributed by atoms with van der Waals surface area (Å²) in [6, 6.07) is 9.33. The fraction of sp³-hybridized carbons (Fsp3) is 0.458. The smallest absolute Gasteiger partial charge is 0.0732 e. The third kappa shape index (κ3) is 5.24. The number of nitrogens with zero attached hydrogens (tertiary/aromatic N) is 1. The van der Waals surface area contributed by atoms with Gasteiger partial charge in [0.25, 0.3) is 0 Å². The van der Waals surface area contributed by atoms with Gasteiger partial charge in [0, 0.05) is 35.5 Å². The summed E-state index contributed by atoms with van der Waals surface area (Å²) < 4.78 is 5.89. The van der Waals surface area contributed by atoms with Crippen molar-refractivity contribution in [1.29, 1.82) is 0 Å². The predicted molar refractivity (Wildman–Crippen MR) is 118 cm³/mol. The lowest BCUT2D eigenvalue weighted by Gasteiger charge is -2.11. The van der Waals surface area contributed by atoms with Gasteiger partial charge in [-0.2, -0.15) is 0 Å². The van der Waals surface area contributed by atoms with Crippen molar-refractivity contribution in [1.82, 2.24) is 15.3 Å². The number of para-hydroxylation sites is 1. The number of aromatic nitrogens is 2. The first kappa shape index (κ1) is 20.1. The van der Waals surface area contributed by atoms with Gasteiger partial charge in [0.05, 0.1) is 13.2 Å². The number of aryl methyl sites for hydroxylation is 2. The van der Waals surface area contributed by atoms with Crippen LogP contribution in [-0.4, -0.2) is 35.7 Å². The quantitative estimate of drug-likeness (QED) is 0.493. The van der Waals surface area contributed by atoms with Crippen molar-refractivity contribution in [2.45, 2.75) is 51.2 Å². The van der Waals surface area contributed by atoms with Gasteiger partial charge in [-0.25, -0.2) is 0 Å². The SMILES string of the molecule is NCCc1c[nH]c2c(CCCc3cncc(COC[C@@H]4CCCN4)c3)cccc12. The van der Waals surface area contributed by atoms with Crippen LogP contribution in [-0.2, 0) is 30.6 Å². The fourth-order valence-electron chi connectivity index (χ4n) is 4.30. The molecule has 0 aliphatic carbocycles. The predicted octanol–water partition coefficient (Wildman–Crippen LogP) is 3.51. The summed E-state index contributed by atoms with van der Waals surface area (Å²) in [7, 11) is 0. The van der Waals surface area contributed by atoms with E-state index in [0.717, 1.165) is 38.8 Å². The average Bonchev–Trinajstić information content (AvgIpc) is 3.40. The first-order valence-electron chi connectivity index (χ1n) is 10.9. The minimum absolute atomic E-state index is 0.521. The molecule has 154 valence electrons. The minimum atomic E-state index is 0.521. The maximum absolute atomic E-state index is 5.89. The molecule has 1 aliphatic heterocycles. The Bertz CT molecular complexity index is 914. The van der Waals surface area contributed by atoms with E-state index in [1.807, 2.05) is 12.4 Å². The summed E-state index contributed by atoms with van der Waals surface area (Å²) in [6.45, 7) is 3.23. The molecule has 1 aromatic carbocycles. The molecule has 1 aliphatic rings. The van der Waals surface area contributed by atoms with Crippen LogP contribution in [0.4, 0.5) is 0 Å². The number of ether oxygens (including phenoxy) is 1. The summed E-state index contributed by atoms with van der Waals surface area (Å²) in [5.41, 5.74) is 12.1. The third-order valence-electron chi connectivity index (χ3n) is 5.81. The van der Waals surface area contributed by atoms with Gasteiger partial charge in [0.2, 0.25) is 0 Å². The number of nitrogens with two attached hydrogens (primary N) is 1. The van der Waals surface area contributed by atoms with E-state index in [-0.39, 0.29) is 0 Å². The van der Waals surface area contributed by atoms with Crippen molar-refractivity contribution in [3.63, 3.8) is 0 Å². The highest BCUT2D eigenvalue weighted by molar-refractivity contribution is 5.86. The lowest BCUT2D eigenvalue weighted by Crippen LogP contribution is -2.26. The van der Waals surface area contributed by atoms with E-state index in [1.165, 1.54) is 46.0 Å². The van der Waals surface area contributed by atoms with E-state index in [1.54, 1.807) is 0 Å². The van der Waals surface area contributed by atoms with Gasteiger partial charge in [-0.15, -0.1) is 0 Å². The molecule has 5 nitrogen and oxygen atoms in total. The number of benzene rings is 1. The Kier molecular flexibility index (Phi) is 6.93. The highest BCUT2D eigenvalue weighted by atomic mass is 16.5. The normalized spacial score (nSPS) is 16.7. The fourth-order valence-corrected chi connectivity index (χ4v) is 4.30. The van der Waals surface area contributed by atoms with Gasteiger partial charge in [0.1, 0.15) is 0 Å². The Morgan fingerprint density at radius 2 is 2.03 bits per heavy atom. The van der Waals surface area contributed by atoms with Crippen molar-refractivity contribution >= 4 is 10.9 Å². The van der Waals surface area contributed by atoms with Crippen LogP contribution in [0.2, 0.25) is 0 Å². The first-order valence-corrected chi connectivity index (χ1v) is 10.9. The van der Waals surface area contributed by atoms with Gasteiger partial charge in [0.15, 0.2) is 0 Å². The van der Waals surface area contributed by atoms with Crippen molar-refractivity contribution in [3.8, 4) is 0 Å². The topological polar surface area (TPSA) is 76.0 Å². The van der Waals surface area contributed by atoms with Gasteiger partial charge in [-0.3, -0.25) is 4.98 Å². The van der Waals surface area contributed by atoms with E-state index < -0.39 is 0 Å². The van der Waals surface area contributed by atoms with Crippen molar-refractivity contribution in [3.05, 3.63) is 65.1 Å². The maximum Gasteiger partial charge on any atom is 0.0732 e. The van der Waals surface area contributed by atoms with E-state index in [9.17, 15) is 0 Å². The van der Waals surface area contributed by atoms with Crippen molar-refractivity contribution < 1.29 is 4.74 Å². The number of H-pyrrole nitrogens is 1. The van der Waals surface area contributed by atoms with Crippen LogP contribution < -0.4 is 11.1 Å². The Balaban J connectivity index is 1.30. The molecule has 4 N–H and O–H groups in total. The molecule has 1 fully saturated rings. The van der Waals surface area contributed by atoms with Crippen LogP contribution in [0.15, 0.2) is 42.9 Å². The van der Waals surface area contributed by atoms with Crippen molar-refractivity contribution in [2.24, 2.45) is 5.73 Å². The molecule has 5 heteroatoms. The highest BCUT2D eigenvalue weighted by Gasteiger charge is 2.13. The summed E-state index contributed by atoms with van der Waals surface area (Å²) in [6.07, 6.45) is 12.6. The molecule has 1 atom stereocenters. The lowest BCUT2D eigenvalue weighted by molar-refractivity contribution is 0.103. The largest absolute Gasteiger partial charge is 0.375 e. The second-order valence-corrected chi connectivity index (χ2v) is 8.06. The van der Waals surface area contributed by atoms with E-state index in [4.69, 9.17) is 10.5 Å². The van der Waals surface area contributed by atoms with E-state index >= 15 is 0 Å². The average molecular weight is 393 g/mol. The first-order chi connectivity index (χ1) is 14.3. The van der Waals surface area contributed by atoms with Crippen LogP contribution in [0, 0.1) is 0 Å². The monoisotopic (exact) mass is 392 g/mol. The molecule has 0 saturated carbocycles. The van der Waals surface area contributed by atoms with Crippen LogP contribution >= 0.6 is 0 Å². The number of fused-ring (bicyclic) bond motifs is 1. The number of nitrogens with one attached hydrogen (secondary N) is 2. The standard InChI is InChI=1S/C24H32N4O/c25-10-9-21-15-28-24-20(6-2-8-23(21)24)5-1-4-18-12-19(14-26-13-18)16-29-17-22-7-3-11-27-22/h2,6,8,12-15,22,27-28H,1,3-5,7,9-11,16-17,25H2/t22-/m0/s1. The zero-order valence-electron chi connectivity index (χ0n) is 17.1. The molecule has 29 heavy (non-hydrogen) atoms. The van der Waals surface area contributed by atoms with Gasteiger partial charge < -0.3 is 20.8 Å². The van der Waals surface area contributed by atoms with Crippen LogP contribution in [0.1, 0.15) is 41.5 Å². The van der Waals surface area contributed by atoms with Crippen molar-refractivity contribution in [2.75, 3.05) is 19.7 Å². The zero-order valence-corrected chi connectivity index (χ0v) is 17.1. The number of aromatic amines is 1. The number of hydrogen-bond donors (Lipinski definition) is 3. The molecule has 0 spiro atoms. The van der Waals surface area contributed by atoms with Crippen LogP contribution in [0.25, 0.3) is 10.9 Å². The molecule has 3 heterocycles. The molecule has 3 aromatic rings. The molecule has 1 saturated heterocycles. The molecule has 0 unspecified atom stereocenters. The molecule has 0 radical (unpaired) electrons. The highest BCUT2D eigenvalue weighted by Crippen LogP contribution is 2.23.